The highest BCUT2D eigenvalue weighted by Gasteiger charge is 2.29. The SMILES string of the molecule is O=C(NC(c1ccccc1)c1ccccc1)C1COc2ccccc2O1. The molecule has 3 aromatic rings. The second kappa shape index (κ2) is 7.31. The Morgan fingerprint density at radius 1 is 0.808 bits per heavy atom. The van der Waals surface area contributed by atoms with E-state index in [1.54, 1.807) is 6.07 Å². The second-order valence-electron chi connectivity index (χ2n) is 6.13. The van der Waals surface area contributed by atoms with Crippen LogP contribution in [-0.4, -0.2) is 18.6 Å². The minimum absolute atomic E-state index is 0.194. The zero-order valence-corrected chi connectivity index (χ0v) is 14.2. The number of carbonyl (C=O) groups is 1. The number of hydrogen-bond donors (Lipinski definition) is 1. The van der Waals surface area contributed by atoms with Gasteiger partial charge in [-0.15, -0.1) is 0 Å². The van der Waals surface area contributed by atoms with Gasteiger partial charge in [0.15, 0.2) is 11.5 Å². The van der Waals surface area contributed by atoms with E-state index < -0.39 is 6.10 Å². The maximum absolute atomic E-state index is 12.8. The molecule has 1 N–H and O–H groups in total. The smallest absolute Gasteiger partial charge is 0.265 e. The summed E-state index contributed by atoms with van der Waals surface area (Å²) in [5.41, 5.74) is 2.04. The molecule has 0 saturated heterocycles. The van der Waals surface area contributed by atoms with Gasteiger partial charge in [-0.25, -0.2) is 0 Å². The molecule has 0 bridgehead atoms. The third kappa shape index (κ3) is 3.40. The lowest BCUT2D eigenvalue weighted by Gasteiger charge is -2.28. The molecule has 1 amide bonds. The highest BCUT2D eigenvalue weighted by atomic mass is 16.6. The fraction of sp³-hybridized carbons (Fsp3) is 0.136. The third-order valence-corrected chi connectivity index (χ3v) is 4.35. The number of amides is 1. The first kappa shape index (κ1) is 16.2. The minimum atomic E-state index is -0.681. The molecule has 130 valence electrons. The molecular formula is C22H19NO3. The van der Waals surface area contributed by atoms with E-state index in [0.29, 0.717) is 11.5 Å². The highest BCUT2D eigenvalue weighted by molar-refractivity contribution is 5.82. The Morgan fingerprint density at radius 3 is 1.96 bits per heavy atom. The van der Waals surface area contributed by atoms with Crippen molar-refractivity contribution in [3.05, 3.63) is 96.1 Å². The van der Waals surface area contributed by atoms with Crippen molar-refractivity contribution in [2.45, 2.75) is 12.1 Å². The van der Waals surface area contributed by atoms with Gasteiger partial charge in [0, 0.05) is 0 Å². The minimum Gasteiger partial charge on any atom is -0.485 e. The largest absolute Gasteiger partial charge is 0.485 e. The lowest BCUT2D eigenvalue weighted by Crippen LogP contribution is -2.45. The van der Waals surface area contributed by atoms with Gasteiger partial charge in [0.2, 0.25) is 6.10 Å². The van der Waals surface area contributed by atoms with E-state index in [0.717, 1.165) is 11.1 Å². The Labute approximate surface area is 152 Å². The van der Waals surface area contributed by atoms with E-state index in [4.69, 9.17) is 9.47 Å². The summed E-state index contributed by atoms with van der Waals surface area (Å²) in [4.78, 5) is 12.8. The predicted molar refractivity (Wildman–Crippen MR) is 99.2 cm³/mol. The fourth-order valence-electron chi connectivity index (χ4n) is 3.03. The topological polar surface area (TPSA) is 47.6 Å². The number of hydrogen-bond acceptors (Lipinski definition) is 3. The van der Waals surface area contributed by atoms with Gasteiger partial charge >= 0.3 is 0 Å². The zero-order valence-electron chi connectivity index (χ0n) is 14.2. The molecule has 0 saturated carbocycles. The van der Waals surface area contributed by atoms with Crippen LogP contribution in [0.15, 0.2) is 84.9 Å². The number of para-hydroxylation sites is 2. The molecule has 1 heterocycles. The van der Waals surface area contributed by atoms with Crippen LogP contribution >= 0.6 is 0 Å². The molecule has 1 aliphatic rings. The van der Waals surface area contributed by atoms with Gasteiger partial charge in [-0.2, -0.15) is 0 Å². The average molecular weight is 345 g/mol. The van der Waals surface area contributed by atoms with E-state index in [2.05, 4.69) is 5.32 Å². The van der Waals surface area contributed by atoms with Gasteiger partial charge in [0.25, 0.3) is 5.91 Å². The maximum Gasteiger partial charge on any atom is 0.265 e. The summed E-state index contributed by atoms with van der Waals surface area (Å²) < 4.78 is 11.5. The first-order chi connectivity index (χ1) is 12.8. The van der Waals surface area contributed by atoms with Crippen molar-refractivity contribution in [2.75, 3.05) is 6.61 Å². The van der Waals surface area contributed by atoms with Crippen LogP contribution in [0.3, 0.4) is 0 Å². The molecule has 1 unspecified atom stereocenters. The van der Waals surface area contributed by atoms with Crippen molar-refractivity contribution < 1.29 is 14.3 Å². The monoisotopic (exact) mass is 345 g/mol. The molecule has 0 fully saturated rings. The molecule has 4 nitrogen and oxygen atoms in total. The predicted octanol–water partition coefficient (Wildman–Crippen LogP) is 3.73. The van der Waals surface area contributed by atoms with Crippen LogP contribution in [0.25, 0.3) is 0 Å². The van der Waals surface area contributed by atoms with Crippen molar-refractivity contribution >= 4 is 5.91 Å². The quantitative estimate of drug-likeness (QED) is 0.784. The number of nitrogens with one attached hydrogen (secondary N) is 1. The first-order valence-electron chi connectivity index (χ1n) is 8.60. The normalized spacial score (nSPS) is 15.5. The second-order valence-corrected chi connectivity index (χ2v) is 6.13. The van der Waals surface area contributed by atoms with Crippen LogP contribution in [0.4, 0.5) is 0 Å². The number of ether oxygens (including phenoxy) is 2. The molecule has 0 aliphatic carbocycles. The van der Waals surface area contributed by atoms with Crippen LogP contribution < -0.4 is 14.8 Å². The Hall–Kier alpha value is -3.27. The molecule has 0 radical (unpaired) electrons. The fourth-order valence-corrected chi connectivity index (χ4v) is 3.03. The Kier molecular flexibility index (Phi) is 4.56. The van der Waals surface area contributed by atoms with Crippen LogP contribution in [0.2, 0.25) is 0 Å². The summed E-state index contributed by atoms with van der Waals surface area (Å²) >= 11 is 0. The molecule has 4 rings (SSSR count). The molecule has 1 atom stereocenters. The number of rotatable bonds is 4. The number of benzene rings is 3. The van der Waals surface area contributed by atoms with Gasteiger partial charge in [-0.3, -0.25) is 4.79 Å². The summed E-state index contributed by atoms with van der Waals surface area (Å²) in [7, 11) is 0. The molecule has 1 aliphatic heterocycles. The van der Waals surface area contributed by atoms with E-state index >= 15 is 0 Å². The Bertz CT molecular complexity index is 841. The number of fused-ring (bicyclic) bond motifs is 1. The molecule has 26 heavy (non-hydrogen) atoms. The van der Waals surface area contributed by atoms with E-state index in [-0.39, 0.29) is 18.6 Å². The average Bonchev–Trinajstić information content (AvgIpc) is 2.72. The van der Waals surface area contributed by atoms with Gasteiger partial charge in [0.1, 0.15) is 6.61 Å². The lowest BCUT2D eigenvalue weighted by molar-refractivity contribution is -0.130. The van der Waals surface area contributed by atoms with Crippen LogP contribution in [-0.2, 0) is 4.79 Å². The summed E-state index contributed by atoms with van der Waals surface area (Å²) in [5.74, 6) is 1.06. The highest BCUT2D eigenvalue weighted by Crippen LogP contribution is 2.31. The van der Waals surface area contributed by atoms with Gasteiger partial charge in [-0.1, -0.05) is 72.8 Å². The maximum atomic E-state index is 12.8. The summed E-state index contributed by atoms with van der Waals surface area (Å²) in [6.45, 7) is 0.194. The van der Waals surface area contributed by atoms with Crippen molar-refractivity contribution in [1.29, 1.82) is 0 Å². The molecule has 4 heteroatoms. The van der Waals surface area contributed by atoms with E-state index in [9.17, 15) is 4.79 Å². The zero-order chi connectivity index (χ0) is 17.8. The van der Waals surface area contributed by atoms with Crippen molar-refractivity contribution in [2.24, 2.45) is 0 Å². The standard InChI is InChI=1S/C22H19NO3/c24-22(20-15-25-18-13-7-8-14-19(18)26-20)23-21(16-9-3-1-4-10-16)17-11-5-2-6-12-17/h1-14,20-21H,15H2,(H,23,24). The van der Waals surface area contributed by atoms with Crippen LogP contribution in [0.1, 0.15) is 17.2 Å². The summed E-state index contributed by atoms with van der Waals surface area (Å²) in [6, 6.07) is 26.9. The summed E-state index contributed by atoms with van der Waals surface area (Å²) in [5, 5.41) is 3.11. The Morgan fingerprint density at radius 2 is 1.35 bits per heavy atom. The lowest BCUT2D eigenvalue weighted by atomic mass is 9.98. The first-order valence-corrected chi connectivity index (χ1v) is 8.60. The van der Waals surface area contributed by atoms with Crippen molar-refractivity contribution in [1.82, 2.24) is 5.32 Å². The van der Waals surface area contributed by atoms with Gasteiger partial charge < -0.3 is 14.8 Å². The molecule has 3 aromatic carbocycles. The van der Waals surface area contributed by atoms with Crippen molar-refractivity contribution in [3.8, 4) is 11.5 Å². The third-order valence-electron chi connectivity index (χ3n) is 4.35. The van der Waals surface area contributed by atoms with Crippen LogP contribution in [0.5, 0.6) is 11.5 Å². The van der Waals surface area contributed by atoms with Crippen molar-refractivity contribution in [3.63, 3.8) is 0 Å². The van der Waals surface area contributed by atoms with Gasteiger partial charge in [-0.05, 0) is 23.3 Å². The van der Waals surface area contributed by atoms with Gasteiger partial charge in [0.05, 0.1) is 6.04 Å². The number of carbonyl (C=O) groups excluding carboxylic acids is 1. The van der Waals surface area contributed by atoms with E-state index in [1.165, 1.54) is 0 Å². The molecular weight excluding hydrogens is 326 g/mol. The Balaban J connectivity index is 1.56. The molecule has 0 aromatic heterocycles. The molecule has 0 spiro atoms. The van der Waals surface area contributed by atoms with Crippen LogP contribution in [0, 0.1) is 0 Å². The summed E-state index contributed by atoms with van der Waals surface area (Å²) in [6.07, 6.45) is -0.681. The van der Waals surface area contributed by atoms with E-state index in [1.807, 2.05) is 78.9 Å².